The second-order valence-electron chi connectivity index (χ2n) is 4.28. The van der Waals surface area contributed by atoms with E-state index >= 15 is 0 Å². The molecule has 0 N–H and O–H groups in total. The van der Waals surface area contributed by atoms with Gasteiger partial charge in [-0.25, -0.2) is 0 Å². The van der Waals surface area contributed by atoms with Crippen LogP contribution in [0.5, 0.6) is 5.75 Å². The predicted molar refractivity (Wildman–Crippen MR) is 64.0 cm³/mol. The molecule has 0 saturated carbocycles. The van der Waals surface area contributed by atoms with Gasteiger partial charge < -0.3 is 4.74 Å². The van der Waals surface area contributed by atoms with Crippen molar-refractivity contribution >= 4 is 11.6 Å². The molecule has 1 unspecified atom stereocenters. The molecule has 0 heterocycles. The number of rotatable bonds is 1. The molecule has 0 spiro atoms. The minimum absolute atomic E-state index is 0.170. The quantitative estimate of drug-likeness (QED) is 0.657. The number of ether oxygens (including phenoxy) is 1. The average Bonchev–Trinajstić information content (AvgIpc) is 2.17. The summed E-state index contributed by atoms with van der Waals surface area (Å²) >= 11 is 6.38. The molecule has 1 aromatic rings. The first-order valence-corrected chi connectivity index (χ1v) is 5.89. The van der Waals surface area contributed by atoms with Gasteiger partial charge in [0.05, 0.1) is 12.5 Å². The van der Waals surface area contributed by atoms with Crippen molar-refractivity contribution < 1.29 is 4.74 Å². The molecular formula is C13H17ClO. The van der Waals surface area contributed by atoms with Gasteiger partial charge in [0.15, 0.2) is 0 Å². The van der Waals surface area contributed by atoms with E-state index < -0.39 is 0 Å². The molecule has 0 bridgehead atoms. The normalized spacial score (nSPS) is 19.9. The highest BCUT2D eigenvalue weighted by Gasteiger charge is 2.23. The van der Waals surface area contributed by atoms with Crippen molar-refractivity contribution in [3.8, 4) is 5.75 Å². The molecule has 0 radical (unpaired) electrons. The van der Waals surface area contributed by atoms with Gasteiger partial charge >= 0.3 is 0 Å². The summed E-state index contributed by atoms with van der Waals surface area (Å²) in [7, 11) is 1.73. The number of alkyl halides is 1. The van der Waals surface area contributed by atoms with E-state index in [1.807, 2.05) is 0 Å². The van der Waals surface area contributed by atoms with Crippen LogP contribution in [-0.4, -0.2) is 7.11 Å². The fourth-order valence-corrected chi connectivity index (χ4v) is 3.09. The molecule has 1 aliphatic carbocycles. The van der Waals surface area contributed by atoms with Crippen LogP contribution < -0.4 is 4.74 Å². The number of hydrogen-bond donors (Lipinski definition) is 0. The Labute approximate surface area is 96.4 Å². The number of hydrogen-bond acceptors (Lipinski definition) is 1. The molecule has 2 rings (SSSR count). The molecule has 82 valence electrons. The Bertz CT molecular complexity index is 385. The Balaban J connectivity index is 2.62. The third-order valence-corrected chi connectivity index (χ3v) is 3.70. The summed E-state index contributed by atoms with van der Waals surface area (Å²) in [5.74, 6) is 1.00. The smallest absolute Gasteiger partial charge is 0.125 e. The van der Waals surface area contributed by atoms with Gasteiger partial charge in [-0.05, 0) is 55.4 Å². The van der Waals surface area contributed by atoms with E-state index in [9.17, 15) is 0 Å². The summed E-state index contributed by atoms with van der Waals surface area (Å²) in [5.41, 5.74) is 5.18. The van der Waals surface area contributed by atoms with Gasteiger partial charge in [0, 0.05) is 0 Å². The molecule has 1 aliphatic rings. The lowest BCUT2D eigenvalue weighted by molar-refractivity contribution is 0.407. The standard InChI is InChI=1S/C13H17ClO/c1-8-7-10-5-4-6-11(14)12(10)9(2)13(8)15-3/h7,11H,4-6H2,1-3H3. The second-order valence-corrected chi connectivity index (χ2v) is 4.81. The molecular weight excluding hydrogens is 208 g/mol. The summed E-state index contributed by atoms with van der Waals surface area (Å²) in [6, 6.07) is 2.23. The maximum Gasteiger partial charge on any atom is 0.125 e. The van der Waals surface area contributed by atoms with Crippen LogP contribution in [0.2, 0.25) is 0 Å². The van der Waals surface area contributed by atoms with Gasteiger partial charge in [-0.3, -0.25) is 0 Å². The van der Waals surface area contributed by atoms with Crippen LogP contribution >= 0.6 is 11.6 Å². The zero-order valence-corrected chi connectivity index (χ0v) is 10.3. The van der Waals surface area contributed by atoms with Gasteiger partial charge in [0.1, 0.15) is 5.75 Å². The van der Waals surface area contributed by atoms with Crippen molar-refractivity contribution in [3.05, 3.63) is 28.3 Å². The Morgan fingerprint density at radius 1 is 1.40 bits per heavy atom. The molecule has 0 saturated heterocycles. The minimum atomic E-state index is 0.170. The molecule has 0 aromatic heterocycles. The largest absolute Gasteiger partial charge is 0.496 e. The maximum absolute atomic E-state index is 6.38. The zero-order chi connectivity index (χ0) is 11.0. The predicted octanol–water partition coefficient (Wildman–Crippen LogP) is 3.93. The van der Waals surface area contributed by atoms with Gasteiger partial charge in [-0.2, -0.15) is 0 Å². The van der Waals surface area contributed by atoms with Crippen LogP contribution in [-0.2, 0) is 6.42 Å². The maximum atomic E-state index is 6.38. The first kappa shape index (κ1) is 10.8. The van der Waals surface area contributed by atoms with Crippen LogP contribution in [0.1, 0.15) is 40.5 Å². The third kappa shape index (κ3) is 1.74. The SMILES string of the molecule is COc1c(C)cc2c(c1C)C(Cl)CCC2. The minimum Gasteiger partial charge on any atom is -0.496 e. The fraction of sp³-hybridized carbons (Fsp3) is 0.538. The molecule has 15 heavy (non-hydrogen) atoms. The number of benzene rings is 1. The molecule has 0 fully saturated rings. The van der Waals surface area contributed by atoms with E-state index in [0.29, 0.717) is 0 Å². The second kappa shape index (κ2) is 4.05. The van der Waals surface area contributed by atoms with Crippen molar-refractivity contribution in [3.63, 3.8) is 0 Å². The van der Waals surface area contributed by atoms with E-state index in [0.717, 1.165) is 18.6 Å². The lowest BCUT2D eigenvalue weighted by atomic mass is 9.86. The van der Waals surface area contributed by atoms with E-state index in [1.54, 1.807) is 7.11 Å². The Morgan fingerprint density at radius 2 is 2.13 bits per heavy atom. The van der Waals surface area contributed by atoms with Gasteiger partial charge in [-0.1, -0.05) is 6.07 Å². The Kier molecular flexibility index (Phi) is 2.92. The van der Waals surface area contributed by atoms with Crippen molar-refractivity contribution in [1.82, 2.24) is 0 Å². The third-order valence-electron chi connectivity index (χ3n) is 3.26. The summed E-state index contributed by atoms with van der Waals surface area (Å²) < 4.78 is 5.43. The van der Waals surface area contributed by atoms with Crippen LogP contribution in [0.4, 0.5) is 0 Å². The highest BCUT2D eigenvalue weighted by atomic mass is 35.5. The summed E-state index contributed by atoms with van der Waals surface area (Å²) in [4.78, 5) is 0. The van der Waals surface area contributed by atoms with Crippen molar-refractivity contribution in [2.24, 2.45) is 0 Å². The molecule has 1 nitrogen and oxygen atoms in total. The number of methoxy groups -OCH3 is 1. The summed E-state index contributed by atoms with van der Waals surface area (Å²) in [6.45, 7) is 4.22. The first-order valence-electron chi connectivity index (χ1n) is 5.46. The zero-order valence-electron chi connectivity index (χ0n) is 9.56. The monoisotopic (exact) mass is 224 g/mol. The Hall–Kier alpha value is -0.690. The highest BCUT2D eigenvalue weighted by Crippen LogP contribution is 2.41. The Morgan fingerprint density at radius 3 is 2.80 bits per heavy atom. The van der Waals surface area contributed by atoms with Crippen molar-refractivity contribution in [2.45, 2.75) is 38.5 Å². The lowest BCUT2D eigenvalue weighted by Gasteiger charge is -2.25. The summed E-state index contributed by atoms with van der Waals surface area (Å²) in [6.07, 6.45) is 3.44. The van der Waals surface area contributed by atoms with E-state index in [4.69, 9.17) is 16.3 Å². The number of fused-ring (bicyclic) bond motifs is 1. The van der Waals surface area contributed by atoms with Crippen LogP contribution in [0.3, 0.4) is 0 Å². The van der Waals surface area contributed by atoms with Crippen molar-refractivity contribution in [1.29, 1.82) is 0 Å². The van der Waals surface area contributed by atoms with Gasteiger partial charge in [0.25, 0.3) is 0 Å². The molecule has 1 aromatic carbocycles. The highest BCUT2D eigenvalue weighted by molar-refractivity contribution is 6.21. The molecule has 0 aliphatic heterocycles. The van der Waals surface area contributed by atoms with Gasteiger partial charge in [0.2, 0.25) is 0 Å². The van der Waals surface area contributed by atoms with Crippen LogP contribution in [0.25, 0.3) is 0 Å². The fourth-order valence-electron chi connectivity index (χ4n) is 2.64. The van der Waals surface area contributed by atoms with Crippen LogP contribution in [0.15, 0.2) is 6.07 Å². The van der Waals surface area contributed by atoms with E-state index in [1.165, 1.54) is 28.7 Å². The van der Waals surface area contributed by atoms with Crippen molar-refractivity contribution in [2.75, 3.05) is 7.11 Å². The van der Waals surface area contributed by atoms with Gasteiger partial charge in [-0.15, -0.1) is 11.6 Å². The average molecular weight is 225 g/mol. The van der Waals surface area contributed by atoms with E-state index in [2.05, 4.69) is 19.9 Å². The molecule has 1 atom stereocenters. The molecule has 0 amide bonds. The molecule has 2 heteroatoms. The van der Waals surface area contributed by atoms with Crippen LogP contribution in [0, 0.1) is 13.8 Å². The lowest BCUT2D eigenvalue weighted by Crippen LogP contribution is -2.09. The van der Waals surface area contributed by atoms with E-state index in [-0.39, 0.29) is 5.38 Å². The summed E-state index contributed by atoms with van der Waals surface area (Å²) in [5, 5.41) is 0.170. The topological polar surface area (TPSA) is 9.23 Å². The number of aryl methyl sites for hydroxylation is 2. The first-order chi connectivity index (χ1) is 7.15. The number of halogens is 1.